The average Bonchev–Trinajstić information content (AvgIpc) is 3.18. The fourth-order valence-electron chi connectivity index (χ4n) is 7.59. The average molecular weight is 555 g/mol. The summed E-state index contributed by atoms with van der Waals surface area (Å²) in [5, 5.41) is 48.4. The summed E-state index contributed by atoms with van der Waals surface area (Å²) in [6, 6.07) is 0. The van der Waals surface area contributed by atoms with Crippen LogP contribution in [0.25, 0.3) is 0 Å². The molecule has 10 nitrogen and oxygen atoms in total. The van der Waals surface area contributed by atoms with Gasteiger partial charge in [0.1, 0.15) is 12.2 Å². The number of ether oxygens (including phenoxy) is 3. The molecule has 0 bridgehead atoms. The molecule has 0 aromatic carbocycles. The maximum absolute atomic E-state index is 12.4. The number of carbonyl (C=O) groups excluding carboxylic acids is 2. The fraction of sp³-hybridized carbons (Fsp3) is 0.793. The van der Waals surface area contributed by atoms with Crippen molar-refractivity contribution >= 4 is 11.6 Å². The Bertz CT molecular complexity index is 892. The van der Waals surface area contributed by atoms with E-state index in [-0.39, 0.29) is 42.2 Å². The van der Waals surface area contributed by atoms with Gasteiger partial charge in [-0.15, -0.1) is 0 Å². The quantitative estimate of drug-likeness (QED) is 0.216. The summed E-state index contributed by atoms with van der Waals surface area (Å²) in [4.78, 5) is 24.2. The lowest BCUT2D eigenvalue weighted by Crippen LogP contribution is -2.61. The lowest BCUT2D eigenvalue weighted by Gasteiger charge is -2.59. The minimum atomic E-state index is -1.56. The largest absolute Gasteiger partial charge is 0.394 e. The van der Waals surface area contributed by atoms with Crippen LogP contribution >= 0.6 is 0 Å². The number of allylic oxidation sites excluding steroid dienone is 4. The minimum absolute atomic E-state index is 0.00912. The molecule has 4 aliphatic rings. The molecule has 0 aromatic rings. The standard InChI is InChI=1S/C21H28O5.C8H18O5/c1-19-7-5-13(23)9-12(19)3-4-14-15-6-8-21(26,17(25)11-22)20(15,2)10-16(24)18(14)19;9-1-3-11-5-7-13-8-6-12-4-2-10/h5,7,9,14-16,18,22,24,26H,3-4,6,8,10-11H2,1-2H3;9-10H,1-8H2/t14-,15-,16-,18+,19-,20-,21-;/m0./s1. The second kappa shape index (κ2) is 13.9. The SMILES string of the molecule is C[C@]12C=CC(=O)C=C1CC[C@@H]1[C@@H]2[C@@H](O)C[C@@]2(C)[C@H]1CC[C@]2(O)C(=O)CO.OCCOCCOCCOCCO. The zero-order valence-corrected chi connectivity index (χ0v) is 23.2. The fourth-order valence-corrected chi connectivity index (χ4v) is 7.59. The van der Waals surface area contributed by atoms with E-state index in [0.29, 0.717) is 52.5 Å². The van der Waals surface area contributed by atoms with E-state index in [9.17, 15) is 24.9 Å². The van der Waals surface area contributed by atoms with Crippen LogP contribution in [0.15, 0.2) is 23.8 Å². The van der Waals surface area contributed by atoms with E-state index >= 15 is 0 Å². The Kier molecular flexibility index (Phi) is 11.4. The van der Waals surface area contributed by atoms with Gasteiger partial charge in [-0.25, -0.2) is 0 Å². The lowest BCUT2D eigenvalue weighted by molar-refractivity contribution is -0.178. The zero-order valence-electron chi connectivity index (χ0n) is 23.2. The summed E-state index contributed by atoms with van der Waals surface area (Å²) in [6.07, 6.45) is 7.68. The molecule has 7 atom stereocenters. The highest BCUT2D eigenvalue weighted by Crippen LogP contribution is 2.67. The summed E-state index contributed by atoms with van der Waals surface area (Å²) in [5.74, 6) is -0.227. The predicted octanol–water partition coefficient (Wildman–Crippen LogP) is 0.578. The van der Waals surface area contributed by atoms with Crippen LogP contribution in [0.1, 0.15) is 46.0 Å². The molecule has 3 saturated carbocycles. The molecule has 222 valence electrons. The van der Waals surface area contributed by atoms with Gasteiger partial charge in [-0.3, -0.25) is 9.59 Å². The Hall–Kier alpha value is -1.50. The molecule has 3 fully saturated rings. The van der Waals surface area contributed by atoms with Crippen molar-refractivity contribution in [1.29, 1.82) is 0 Å². The third-order valence-electron chi connectivity index (χ3n) is 9.47. The highest BCUT2D eigenvalue weighted by Gasteiger charge is 2.67. The Balaban J connectivity index is 0.000000276. The summed E-state index contributed by atoms with van der Waals surface area (Å²) in [6.45, 7) is 6.11. The first-order chi connectivity index (χ1) is 18.6. The molecule has 10 heteroatoms. The maximum Gasteiger partial charge on any atom is 0.190 e. The van der Waals surface area contributed by atoms with Gasteiger partial charge in [-0.05, 0) is 56.1 Å². The van der Waals surface area contributed by atoms with Crippen molar-refractivity contribution in [3.05, 3.63) is 23.8 Å². The molecule has 0 radical (unpaired) electrons. The van der Waals surface area contributed by atoms with Crippen molar-refractivity contribution in [2.45, 2.75) is 57.7 Å². The monoisotopic (exact) mass is 554 g/mol. The van der Waals surface area contributed by atoms with Crippen molar-refractivity contribution in [2.75, 3.05) is 59.5 Å². The van der Waals surface area contributed by atoms with E-state index in [2.05, 4.69) is 6.92 Å². The highest BCUT2D eigenvalue weighted by molar-refractivity contribution is 6.01. The van der Waals surface area contributed by atoms with Gasteiger partial charge in [0.15, 0.2) is 11.6 Å². The topological polar surface area (TPSA) is 163 Å². The van der Waals surface area contributed by atoms with Crippen molar-refractivity contribution in [3.8, 4) is 0 Å². The van der Waals surface area contributed by atoms with E-state index < -0.39 is 29.5 Å². The zero-order chi connectivity index (χ0) is 28.7. The minimum Gasteiger partial charge on any atom is -0.394 e. The summed E-state index contributed by atoms with van der Waals surface area (Å²) < 4.78 is 15.0. The van der Waals surface area contributed by atoms with Gasteiger partial charge >= 0.3 is 0 Å². The number of hydrogen-bond acceptors (Lipinski definition) is 10. The Labute approximate surface area is 230 Å². The number of fused-ring (bicyclic) bond motifs is 5. The van der Waals surface area contributed by atoms with Gasteiger partial charge in [0.25, 0.3) is 0 Å². The summed E-state index contributed by atoms with van der Waals surface area (Å²) in [7, 11) is 0. The number of Topliss-reactive ketones (excluding diaryl/α,β-unsaturated/α-hetero) is 1. The van der Waals surface area contributed by atoms with Crippen LogP contribution in [0, 0.1) is 28.6 Å². The van der Waals surface area contributed by atoms with Gasteiger partial charge in [0, 0.05) is 16.7 Å². The number of ketones is 2. The number of rotatable bonds is 12. The van der Waals surface area contributed by atoms with Gasteiger partial charge in [-0.1, -0.05) is 25.5 Å². The van der Waals surface area contributed by atoms with E-state index in [4.69, 9.17) is 24.4 Å². The molecule has 0 unspecified atom stereocenters. The molecular formula is C29H46O10. The molecule has 0 aromatic heterocycles. The first-order valence-electron chi connectivity index (χ1n) is 14.0. The number of aliphatic hydroxyl groups is 5. The van der Waals surface area contributed by atoms with Crippen LogP contribution < -0.4 is 0 Å². The second-order valence-electron chi connectivity index (χ2n) is 11.5. The van der Waals surface area contributed by atoms with E-state index in [0.717, 1.165) is 24.8 Å². The third kappa shape index (κ3) is 6.54. The summed E-state index contributed by atoms with van der Waals surface area (Å²) in [5.41, 5.74) is -1.54. The van der Waals surface area contributed by atoms with E-state index in [1.165, 1.54) is 0 Å². The third-order valence-corrected chi connectivity index (χ3v) is 9.47. The van der Waals surface area contributed by atoms with Crippen molar-refractivity contribution < 1.29 is 49.3 Å². The normalized spacial score (nSPS) is 36.8. The molecule has 0 heterocycles. The van der Waals surface area contributed by atoms with Gasteiger partial charge in [0.2, 0.25) is 0 Å². The molecule has 0 amide bonds. The molecule has 39 heavy (non-hydrogen) atoms. The lowest BCUT2D eigenvalue weighted by atomic mass is 9.46. The molecule has 4 rings (SSSR count). The van der Waals surface area contributed by atoms with Gasteiger partial charge in [-0.2, -0.15) is 0 Å². The smallest absolute Gasteiger partial charge is 0.190 e. The van der Waals surface area contributed by atoms with Gasteiger partial charge in [0.05, 0.1) is 59.0 Å². The van der Waals surface area contributed by atoms with Crippen molar-refractivity contribution in [2.24, 2.45) is 28.6 Å². The van der Waals surface area contributed by atoms with Crippen molar-refractivity contribution in [3.63, 3.8) is 0 Å². The molecule has 0 aliphatic heterocycles. The number of hydrogen-bond donors (Lipinski definition) is 5. The van der Waals surface area contributed by atoms with E-state index in [1.54, 1.807) is 12.2 Å². The Morgan fingerprint density at radius 3 is 2.13 bits per heavy atom. The first kappa shape index (κ1) is 32.0. The highest BCUT2D eigenvalue weighted by atomic mass is 16.5. The molecule has 0 spiro atoms. The van der Waals surface area contributed by atoms with Crippen molar-refractivity contribution in [1.82, 2.24) is 0 Å². The maximum atomic E-state index is 12.4. The van der Waals surface area contributed by atoms with Crippen LogP contribution in [-0.2, 0) is 23.8 Å². The number of aliphatic hydroxyl groups excluding tert-OH is 4. The predicted molar refractivity (Wildman–Crippen MR) is 142 cm³/mol. The molecular weight excluding hydrogens is 508 g/mol. The first-order valence-corrected chi connectivity index (χ1v) is 14.0. The van der Waals surface area contributed by atoms with Crippen LogP contribution in [0.3, 0.4) is 0 Å². The van der Waals surface area contributed by atoms with Gasteiger partial charge < -0.3 is 39.7 Å². The molecule has 4 aliphatic carbocycles. The van der Waals surface area contributed by atoms with Crippen LogP contribution in [0.5, 0.6) is 0 Å². The Morgan fingerprint density at radius 1 is 0.974 bits per heavy atom. The second-order valence-corrected chi connectivity index (χ2v) is 11.5. The van der Waals surface area contributed by atoms with Crippen LogP contribution in [0.4, 0.5) is 0 Å². The Morgan fingerprint density at radius 2 is 1.56 bits per heavy atom. The van der Waals surface area contributed by atoms with Crippen LogP contribution in [0.2, 0.25) is 0 Å². The molecule has 5 N–H and O–H groups in total. The van der Waals surface area contributed by atoms with Crippen LogP contribution in [-0.4, -0.2) is 108 Å². The molecule has 0 saturated heterocycles. The number of carbonyl (C=O) groups is 2. The van der Waals surface area contributed by atoms with E-state index in [1.807, 2.05) is 13.0 Å². The summed E-state index contributed by atoms with van der Waals surface area (Å²) >= 11 is 0.